The second-order valence-corrected chi connectivity index (χ2v) is 3.90. The molecule has 0 radical (unpaired) electrons. The van der Waals surface area contributed by atoms with E-state index in [1.165, 1.54) is 0 Å². The van der Waals surface area contributed by atoms with Crippen molar-refractivity contribution in [1.29, 1.82) is 5.26 Å². The minimum atomic E-state index is -0.373. The van der Waals surface area contributed by atoms with Crippen LogP contribution in [0.3, 0.4) is 0 Å². The number of carbonyl (C=O) groups excluding carboxylic acids is 1. The van der Waals surface area contributed by atoms with Gasteiger partial charge in [-0.1, -0.05) is 6.07 Å². The van der Waals surface area contributed by atoms with Crippen LogP contribution in [0.4, 0.5) is 5.69 Å². The third-order valence-electron chi connectivity index (χ3n) is 2.48. The van der Waals surface area contributed by atoms with Crippen molar-refractivity contribution in [3.63, 3.8) is 0 Å². The molecular formula is C14H13N3O3. The molecule has 0 saturated carbocycles. The maximum atomic E-state index is 11.9. The van der Waals surface area contributed by atoms with Gasteiger partial charge in [-0.25, -0.2) is 0 Å². The summed E-state index contributed by atoms with van der Waals surface area (Å²) in [5.74, 6) is 0.864. The van der Waals surface area contributed by atoms with E-state index in [1.807, 2.05) is 6.07 Å². The predicted molar refractivity (Wildman–Crippen MR) is 72.1 cm³/mol. The number of hydrogen-bond donors (Lipinski definition) is 2. The fourth-order valence-electron chi connectivity index (χ4n) is 1.58. The lowest BCUT2D eigenvalue weighted by molar-refractivity contribution is 0.0995. The first kappa shape index (κ1) is 13.6. The molecule has 2 rings (SSSR count). The van der Waals surface area contributed by atoms with Crippen LogP contribution in [-0.2, 0) is 6.54 Å². The predicted octanol–water partition coefficient (Wildman–Crippen LogP) is 1.89. The zero-order valence-corrected chi connectivity index (χ0v) is 10.6. The number of rotatable bonds is 5. The Balaban J connectivity index is 2.05. The van der Waals surface area contributed by atoms with Crippen molar-refractivity contribution in [2.75, 3.05) is 11.9 Å². The fraction of sp³-hybridized carbons (Fsp3) is 0.143. The van der Waals surface area contributed by atoms with Gasteiger partial charge in [0.2, 0.25) is 0 Å². The highest BCUT2D eigenvalue weighted by Crippen LogP contribution is 2.18. The Hall–Kier alpha value is -2.78. The first-order valence-corrected chi connectivity index (χ1v) is 5.93. The number of ether oxygens (including phenoxy) is 1. The van der Waals surface area contributed by atoms with E-state index in [0.717, 1.165) is 0 Å². The van der Waals surface area contributed by atoms with Crippen LogP contribution in [0.5, 0.6) is 5.75 Å². The lowest BCUT2D eigenvalue weighted by Gasteiger charge is -2.06. The van der Waals surface area contributed by atoms with Gasteiger partial charge in [-0.05, 0) is 24.3 Å². The molecule has 0 aliphatic heterocycles. The topological polar surface area (TPSA) is 101 Å². The molecule has 0 saturated heterocycles. The van der Waals surface area contributed by atoms with Crippen molar-refractivity contribution >= 4 is 11.6 Å². The summed E-state index contributed by atoms with van der Waals surface area (Å²) in [6, 6.07) is 11.9. The van der Waals surface area contributed by atoms with Crippen LogP contribution in [0.2, 0.25) is 0 Å². The lowest BCUT2D eigenvalue weighted by Crippen LogP contribution is -2.11. The van der Waals surface area contributed by atoms with Crippen LogP contribution in [-0.4, -0.2) is 12.5 Å². The SMILES string of the molecule is N#CCOc1cccc(NC(=O)c2ccc(CN)o2)c1. The fourth-order valence-corrected chi connectivity index (χ4v) is 1.58. The molecule has 0 unspecified atom stereocenters. The van der Waals surface area contributed by atoms with Gasteiger partial charge in [0.05, 0.1) is 6.54 Å². The zero-order valence-electron chi connectivity index (χ0n) is 10.6. The van der Waals surface area contributed by atoms with Crippen LogP contribution in [0, 0.1) is 11.3 Å². The Kier molecular flexibility index (Phi) is 4.37. The van der Waals surface area contributed by atoms with E-state index in [0.29, 0.717) is 17.2 Å². The van der Waals surface area contributed by atoms with Gasteiger partial charge in [0.1, 0.15) is 17.6 Å². The van der Waals surface area contributed by atoms with Crippen molar-refractivity contribution in [3.8, 4) is 11.8 Å². The highest BCUT2D eigenvalue weighted by Gasteiger charge is 2.11. The molecule has 0 bridgehead atoms. The number of nitrogens with one attached hydrogen (secondary N) is 1. The van der Waals surface area contributed by atoms with E-state index in [2.05, 4.69) is 5.32 Å². The van der Waals surface area contributed by atoms with Gasteiger partial charge in [-0.2, -0.15) is 5.26 Å². The molecule has 6 nitrogen and oxygen atoms in total. The Morgan fingerprint density at radius 3 is 2.95 bits per heavy atom. The van der Waals surface area contributed by atoms with Gasteiger partial charge in [-0.15, -0.1) is 0 Å². The van der Waals surface area contributed by atoms with Crippen molar-refractivity contribution in [2.45, 2.75) is 6.54 Å². The van der Waals surface area contributed by atoms with E-state index in [1.54, 1.807) is 36.4 Å². The number of amides is 1. The van der Waals surface area contributed by atoms with Crippen molar-refractivity contribution in [1.82, 2.24) is 0 Å². The number of benzene rings is 1. The number of hydrogen-bond acceptors (Lipinski definition) is 5. The van der Waals surface area contributed by atoms with Gasteiger partial charge >= 0.3 is 0 Å². The number of anilines is 1. The van der Waals surface area contributed by atoms with Crippen molar-refractivity contribution in [3.05, 3.63) is 47.9 Å². The first-order valence-electron chi connectivity index (χ1n) is 5.93. The van der Waals surface area contributed by atoms with Gasteiger partial charge in [-0.3, -0.25) is 4.79 Å². The van der Waals surface area contributed by atoms with Crippen molar-refractivity contribution < 1.29 is 13.9 Å². The van der Waals surface area contributed by atoms with E-state index in [9.17, 15) is 4.79 Å². The van der Waals surface area contributed by atoms with Gasteiger partial charge < -0.3 is 20.2 Å². The summed E-state index contributed by atoms with van der Waals surface area (Å²) in [7, 11) is 0. The van der Waals surface area contributed by atoms with E-state index >= 15 is 0 Å². The number of nitriles is 1. The first-order chi connectivity index (χ1) is 9.72. The Morgan fingerprint density at radius 1 is 1.40 bits per heavy atom. The smallest absolute Gasteiger partial charge is 0.291 e. The van der Waals surface area contributed by atoms with Crippen LogP contribution >= 0.6 is 0 Å². The molecule has 6 heteroatoms. The molecule has 1 aromatic heterocycles. The molecule has 0 spiro atoms. The summed E-state index contributed by atoms with van der Waals surface area (Å²) in [4.78, 5) is 11.9. The highest BCUT2D eigenvalue weighted by atomic mass is 16.5. The minimum Gasteiger partial charge on any atom is -0.479 e. The number of nitrogens with two attached hydrogens (primary N) is 1. The van der Waals surface area contributed by atoms with Crippen LogP contribution in [0.25, 0.3) is 0 Å². The van der Waals surface area contributed by atoms with Crippen LogP contribution in [0.15, 0.2) is 40.8 Å². The van der Waals surface area contributed by atoms with Crippen LogP contribution < -0.4 is 15.8 Å². The highest BCUT2D eigenvalue weighted by molar-refractivity contribution is 6.02. The van der Waals surface area contributed by atoms with E-state index < -0.39 is 0 Å². The Morgan fingerprint density at radius 2 is 2.25 bits per heavy atom. The molecule has 20 heavy (non-hydrogen) atoms. The third kappa shape index (κ3) is 3.37. The molecule has 0 atom stereocenters. The number of nitrogens with zero attached hydrogens (tertiary/aromatic N) is 1. The maximum absolute atomic E-state index is 11.9. The van der Waals surface area contributed by atoms with Crippen LogP contribution in [0.1, 0.15) is 16.3 Å². The Bertz CT molecular complexity index is 643. The Labute approximate surface area is 115 Å². The van der Waals surface area contributed by atoms with Gasteiger partial charge in [0.15, 0.2) is 12.4 Å². The van der Waals surface area contributed by atoms with Crippen molar-refractivity contribution in [2.24, 2.45) is 5.73 Å². The molecule has 0 fully saturated rings. The summed E-state index contributed by atoms with van der Waals surface area (Å²) < 4.78 is 10.4. The second-order valence-electron chi connectivity index (χ2n) is 3.90. The average molecular weight is 271 g/mol. The maximum Gasteiger partial charge on any atom is 0.291 e. The van der Waals surface area contributed by atoms with Gasteiger partial charge in [0, 0.05) is 11.8 Å². The normalized spacial score (nSPS) is 9.80. The zero-order chi connectivity index (χ0) is 14.4. The molecule has 1 amide bonds. The van der Waals surface area contributed by atoms with Gasteiger partial charge in [0.25, 0.3) is 5.91 Å². The summed E-state index contributed by atoms with van der Waals surface area (Å²) in [5, 5.41) is 11.1. The number of carbonyl (C=O) groups is 1. The molecule has 102 valence electrons. The molecule has 3 N–H and O–H groups in total. The number of furan rings is 1. The second kappa shape index (κ2) is 6.41. The van der Waals surface area contributed by atoms with E-state index in [4.69, 9.17) is 20.1 Å². The quantitative estimate of drug-likeness (QED) is 0.864. The monoisotopic (exact) mass is 271 g/mol. The summed E-state index contributed by atoms with van der Waals surface area (Å²) in [5.41, 5.74) is 5.97. The minimum absolute atomic E-state index is 0.0462. The molecule has 1 heterocycles. The average Bonchev–Trinajstić information content (AvgIpc) is 2.94. The largest absolute Gasteiger partial charge is 0.479 e. The summed E-state index contributed by atoms with van der Waals surface area (Å²) in [6.07, 6.45) is 0. The third-order valence-corrected chi connectivity index (χ3v) is 2.48. The van der Waals surface area contributed by atoms with E-state index in [-0.39, 0.29) is 24.8 Å². The molecular weight excluding hydrogens is 258 g/mol. The molecule has 2 aromatic rings. The molecule has 1 aromatic carbocycles. The summed E-state index contributed by atoms with van der Waals surface area (Å²) >= 11 is 0. The lowest BCUT2D eigenvalue weighted by atomic mass is 10.3. The molecule has 0 aliphatic carbocycles. The molecule has 0 aliphatic rings. The standard InChI is InChI=1S/C14H13N3O3/c15-6-7-19-11-3-1-2-10(8-11)17-14(18)13-5-4-12(9-16)20-13/h1-5,8H,7,9,16H2,(H,17,18). The summed E-state index contributed by atoms with van der Waals surface area (Å²) in [6.45, 7) is 0.195.